The summed E-state index contributed by atoms with van der Waals surface area (Å²) in [4.78, 5) is 0. The maximum absolute atomic E-state index is 11.8. The molecule has 0 fully saturated rings. The zero-order valence-electron chi connectivity index (χ0n) is 12.4. The molecule has 1 rings (SSSR count). The maximum Gasteiger partial charge on any atom is 0.278 e. The third-order valence-corrected chi connectivity index (χ3v) is 5.58. The smallest absolute Gasteiger partial charge is 0.212 e. The Kier molecular flexibility index (Phi) is 6.29. The number of nitrogens with zero attached hydrogens (tertiary/aromatic N) is 2. The van der Waals surface area contributed by atoms with Crippen molar-refractivity contribution in [2.24, 2.45) is 0 Å². The van der Waals surface area contributed by atoms with Crippen LogP contribution in [0.15, 0.2) is 30.3 Å². The zero-order valence-corrected chi connectivity index (χ0v) is 14.0. The molecule has 0 spiro atoms. The first-order chi connectivity index (χ1) is 9.63. The number of sulfonamides is 1. The summed E-state index contributed by atoms with van der Waals surface area (Å²) in [5.74, 6) is 0. The molecule has 1 N–H and O–H groups in total. The number of nitrogens with one attached hydrogen (secondary N) is 1. The van der Waals surface area contributed by atoms with Gasteiger partial charge in [0.25, 0.3) is 10.2 Å². The molecule has 0 aliphatic heterocycles. The molecule has 0 saturated heterocycles. The summed E-state index contributed by atoms with van der Waals surface area (Å²) in [6.45, 7) is 0.296. The molecule has 21 heavy (non-hydrogen) atoms. The van der Waals surface area contributed by atoms with Crippen molar-refractivity contribution in [1.82, 2.24) is 13.3 Å². The molecule has 1 aromatic rings. The lowest BCUT2D eigenvalue weighted by molar-refractivity contribution is 0.409. The van der Waals surface area contributed by atoms with Crippen LogP contribution in [-0.2, 0) is 26.8 Å². The van der Waals surface area contributed by atoms with Crippen LogP contribution in [-0.4, -0.2) is 58.9 Å². The van der Waals surface area contributed by atoms with Gasteiger partial charge in [-0.2, -0.15) is 17.0 Å². The number of rotatable bonds is 8. The Hall–Kier alpha value is -1.00. The van der Waals surface area contributed by atoms with E-state index in [-0.39, 0.29) is 19.6 Å². The van der Waals surface area contributed by atoms with E-state index in [2.05, 4.69) is 4.72 Å². The van der Waals surface area contributed by atoms with Gasteiger partial charge in [-0.1, -0.05) is 30.3 Å². The third kappa shape index (κ3) is 6.10. The Balaban J connectivity index is 2.69. The van der Waals surface area contributed by atoms with E-state index in [0.29, 0.717) is 0 Å². The topological polar surface area (TPSA) is 86.8 Å². The van der Waals surface area contributed by atoms with Gasteiger partial charge in [0.05, 0.1) is 6.26 Å². The molecule has 0 amide bonds. The van der Waals surface area contributed by atoms with E-state index < -0.39 is 20.2 Å². The van der Waals surface area contributed by atoms with Gasteiger partial charge in [0, 0.05) is 33.7 Å². The molecule has 9 heteroatoms. The molecule has 0 saturated carbocycles. The molecule has 0 aliphatic rings. The second-order valence-corrected chi connectivity index (χ2v) is 8.72. The highest BCUT2D eigenvalue weighted by Gasteiger charge is 2.18. The van der Waals surface area contributed by atoms with E-state index in [4.69, 9.17) is 0 Å². The molecule has 7 nitrogen and oxygen atoms in total. The van der Waals surface area contributed by atoms with Gasteiger partial charge in [0.15, 0.2) is 0 Å². The predicted molar refractivity (Wildman–Crippen MR) is 82.3 cm³/mol. The number of benzene rings is 1. The fourth-order valence-electron chi connectivity index (χ4n) is 1.58. The van der Waals surface area contributed by atoms with Crippen LogP contribution < -0.4 is 4.72 Å². The van der Waals surface area contributed by atoms with Gasteiger partial charge in [-0.05, 0) is 5.56 Å². The minimum absolute atomic E-state index is 0.0143. The lowest BCUT2D eigenvalue weighted by Gasteiger charge is -2.21. The van der Waals surface area contributed by atoms with Crippen molar-refractivity contribution in [3.05, 3.63) is 35.9 Å². The van der Waals surface area contributed by atoms with Gasteiger partial charge in [0.2, 0.25) is 10.0 Å². The average Bonchev–Trinajstić information content (AvgIpc) is 2.37. The molecular formula is C12H21N3O4S2. The Morgan fingerprint density at radius 3 is 2.10 bits per heavy atom. The van der Waals surface area contributed by atoms with Crippen molar-refractivity contribution in [1.29, 1.82) is 0 Å². The molecule has 0 aromatic heterocycles. The second-order valence-electron chi connectivity index (χ2n) is 4.76. The van der Waals surface area contributed by atoms with Gasteiger partial charge in [-0.25, -0.2) is 13.1 Å². The fraction of sp³-hybridized carbons (Fsp3) is 0.500. The number of hydrogen-bond acceptors (Lipinski definition) is 4. The summed E-state index contributed by atoms with van der Waals surface area (Å²) in [6.07, 6.45) is 1.11. The van der Waals surface area contributed by atoms with Crippen molar-refractivity contribution in [2.45, 2.75) is 6.54 Å². The summed E-state index contributed by atoms with van der Waals surface area (Å²) >= 11 is 0. The summed E-state index contributed by atoms with van der Waals surface area (Å²) in [5, 5.41) is 0. The molecule has 0 radical (unpaired) electrons. The van der Waals surface area contributed by atoms with Crippen LogP contribution in [0.1, 0.15) is 5.56 Å². The van der Waals surface area contributed by atoms with E-state index in [9.17, 15) is 16.8 Å². The van der Waals surface area contributed by atoms with Crippen molar-refractivity contribution >= 4 is 20.2 Å². The van der Waals surface area contributed by atoms with Crippen LogP contribution in [0.3, 0.4) is 0 Å². The van der Waals surface area contributed by atoms with Crippen LogP contribution in [0.25, 0.3) is 0 Å². The van der Waals surface area contributed by atoms with E-state index >= 15 is 0 Å². The first-order valence-corrected chi connectivity index (χ1v) is 9.58. The first-order valence-electron chi connectivity index (χ1n) is 6.29. The van der Waals surface area contributed by atoms with E-state index in [1.165, 1.54) is 18.4 Å². The summed E-state index contributed by atoms with van der Waals surface area (Å²) in [5.41, 5.74) is 0.846. The average molecular weight is 335 g/mol. The normalized spacial score (nSPS) is 13.0. The molecule has 0 heterocycles. The maximum atomic E-state index is 11.8. The quantitative estimate of drug-likeness (QED) is 0.715. The molecular weight excluding hydrogens is 314 g/mol. The lowest BCUT2D eigenvalue weighted by atomic mass is 10.2. The Labute approximate surface area is 126 Å². The number of hydrogen-bond donors (Lipinski definition) is 1. The van der Waals surface area contributed by atoms with Gasteiger partial charge >= 0.3 is 0 Å². The second kappa shape index (κ2) is 7.32. The predicted octanol–water partition coefficient (Wildman–Crippen LogP) is -0.156. The monoisotopic (exact) mass is 335 g/mol. The minimum Gasteiger partial charge on any atom is -0.212 e. The van der Waals surface area contributed by atoms with Crippen molar-refractivity contribution < 1.29 is 16.8 Å². The summed E-state index contributed by atoms with van der Waals surface area (Å²) in [6, 6.07) is 9.14. The standard InChI is InChI=1S/C12H21N3O4S2/c1-14(2)21(18,19)13-9-10-15(20(3,16)17)11-12-7-5-4-6-8-12/h4-8,13H,9-11H2,1-3H3. The highest BCUT2D eigenvalue weighted by Crippen LogP contribution is 2.07. The van der Waals surface area contributed by atoms with Crippen LogP contribution in [0, 0.1) is 0 Å². The SMILES string of the molecule is CN(C)S(=O)(=O)NCCN(Cc1ccccc1)S(C)(=O)=O. The van der Waals surface area contributed by atoms with Gasteiger partial charge in [-0.15, -0.1) is 0 Å². The molecule has 0 atom stereocenters. The largest absolute Gasteiger partial charge is 0.278 e. The molecule has 120 valence electrons. The molecule has 0 bridgehead atoms. The first kappa shape index (κ1) is 18.1. The molecule has 0 aliphatic carbocycles. The fourth-order valence-corrected chi connectivity index (χ4v) is 2.99. The Bertz CT molecular complexity index is 642. The van der Waals surface area contributed by atoms with Crippen LogP contribution in [0.5, 0.6) is 0 Å². The van der Waals surface area contributed by atoms with Crippen molar-refractivity contribution in [3.63, 3.8) is 0 Å². The lowest BCUT2D eigenvalue weighted by Crippen LogP contribution is -2.41. The highest BCUT2D eigenvalue weighted by molar-refractivity contribution is 7.88. The van der Waals surface area contributed by atoms with Gasteiger partial charge in [0.1, 0.15) is 0 Å². The van der Waals surface area contributed by atoms with Crippen LogP contribution >= 0.6 is 0 Å². The van der Waals surface area contributed by atoms with E-state index in [0.717, 1.165) is 16.1 Å². The van der Waals surface area contributed by atoms with Crippen molar-refractivity contribution in [2.75, 3.05) is 33.4 Å². The molecule has 0 unspecified atom stereocenters. The Morgan fingerprint density at radius 2 is 1.62 bits per heavy atom. The zero-order chi connectivity index (χ0) is 16.1. The van der Waals surface area contributed by atoms with Gasteiger partial charge in [-0.3, -0.25) is 0 Å². The summed E-state index contributed by atoms with van der Waals surface area (Å²) in [7, 11) is -4.16. The van der Waals surface area contributed by atoms with Crippen LogP contribution in [0.4, 0.5) is 0 Å². The van der Waals surface area contributed by atoms with E-state index in [1.807, 2.05) is 30.3 Å². The van der Waals surface area contributed by atoms with E-state index in [1.54, 1.807) is 0 Å². The van der Waals surface area contributed by atoms with Gasteiger partial charge < -0.3 is 0 Å². The van der Waals surface area contributed by atoms with Crippen molar-refractivity contribution in [3.8, 4) is 0 Å². The molecule has 1 aromatic carbocycles. The minimum atomic E-state index is -3.55. The Morgan fingerprint density at radius 1 is 1.05 bits per heavy atom. The third-order valence-electron chi connectivity index (χ3n) is 2.80. The van der Waals surface area contributed by atoms with Crippen LogP contribution in [0.2, 0.25) is 0 Å². The summed E-state index contributed by atoms with van der Waals surface area (Å²) < 4.78 is 51.3. The highest BCUT2D eigenvalue weighted by atomic mass is 32.2.